The predicted molar refractivity (Wildman–Crippen MR) is 112 cm³/mol. The summed E-state index contributed by atoms with van der Waals surface area (Å²) in [5, 5.41) is 1.72. The summed E-state index contributed by atoms with van der Waals surface area (Å²) in [7, 11) is 1.71. The van der Waals surface area contributed by atoms with Crippen LogP contribution in [0.5, 0.6) is 5.75 Å². The van der Waals surface area contributed by atoms with Gasteiger partial charge >= 0.3 is 0 Å². The van der Waals surface area contributed by atoms with Crippen LogP contribution in [-0.4, -0.2) is 19.8 Å². The summed E-state index contributed by atoms with van der Waals surface area (Å²) in [6, 6.07) is 5.52. The predicted octanol–water partition coefficient (Wildman–Crippen LogP) is 4.65. The average molecular weight is 409 g/mol. The Bertz CT molecular complexity index is 638. The number of benzene rings is 1. The van der Waals surface area contributed by atoms with Gasteiger partial charge in [0.25, 0.3) is 0 Å². The van der Waals surface area contributed by atoms with Gasteiger partial charge in [0.2, 0.25) is 0 Å². The van der Waals surface area contributed by atoms with Crippen molar-refractivity contribution in [3.63, 3.8) is 0 Å². The molecule has 0 radical (unpaired) electrons. The molecule has 0 atom stereocenters. The molecule has 5 nitrogen and oxygen atoms in total. The highest BCUT2D eigenvalue weighted by atomic mass is 79.9. The van der Waals surface area contributed by atoms with Crippen molar-refractivity contribution < 1.29 is 4.74 Å². The number of rotatable bonds is 9. The molecule has 0 amide bonds. The number of hydrogen-bond donors (Lipinski definition) is 2. The average Bonchev–Trinajstić information content (AvgIpc) is 2.51. The van der Waals surface area contributed by atoms with Gasteiger partial charge in [0.15, 0.2) is 0 Å². The lowest BCUT2D eigenvalue weighted by atomic mass is 9.88. The molecule has 6 heteroatoms. The van der Waals surface area contributed by atoms with Crippen molar-refractivity contribution in [1.29, 1.82) is 0 Å². The van der Waals surface area contributed by atoms with Gasteiger partial charge in [-0.15, -0.1) is 0 Å². The molecule has 0 saturated carbocycles. The van der Waals surface area contributed by atoms with Crippen LogP contribution in [-0.2, 0) is 0 Å². The highest BCUT2D eigenvalue weighted by molar-refractivity contribution is 9.12. The molecule has 25 heavy (non-hydrogen) atoms. The topological polar surface area (TPSA) is 76.9 Å². The summed E-state index contributed by atoms with van der Waals surface area (Å²) < 4.78 is 6.42. The summed E-state index contributed by atoms with van der Waals surface area (Å²) in [6.45, 7) is 7.34. The van der Waals surface area contributed by atoms with Crippen molar-refractivity contribution in [3.8, 4) is 5.75 Å². The molecule has 0 saturated heterocycles. The molecule has 0 unspecified atom stereocenters. The van der Waals surface area contributed by atoms with Crippen molar-refractivity contribution >= 4 is 33.5 Å². The Hall–Kier alpha value is -1.79. The monoisotopic (exact) mass is 408 g/mol. The van der Waals surface area contributed by atoms with E-state index >= 15 is 0 Å². The highest BCUT2D eigenvalue weighted by Crippen LogP contribution is 2.30. The molecule has 138 valence electrons. The Kier molecular flexibility index (Phi) is 8.72. The number of aliphatic imine (C=N–C) groups is 1. The van der Waals surface area contributed by atoms with Crippen molar-refractivity contribution in [3.05, 3.63) is 41.1 Å². The van der Waals surface area contributed by atoms with Crippen LogP contribution in [0.1, 0.15) is 33.6 Å². The van der Waals surface area contributed by atoms with E-state index in [-0.39, 0.29) is 5.41 Å². The molecule has 0 aliphatic heterocycles. The number of nitrogens with zero attached hydrogens (tertiary/aromatic N) is 2. The summed E-state index contributed by atoms with van der Waals surface area (Å²) in [5.74, 6) is 6.88. The number of anilines is 2. The second-order valence-electron chi connectivity index (χ2n) is 6.65. The smallest absolute Gasteiger partial charge is 0.128 e. The Balaban J connectivity index is 2.73. The molecule has 0 aliphatic rings. The van der Waals surface area contributed by atoms with Crippen LogP contribution in [0.25, 0.3) is 0 Å². The standard InChI is InChI=1S/C19H29BrN4O/c1-5-10-19(2,3)14-24(22)18-9-8-16(12-17(18)21)25-11-6-7-15(20)13-23-4/h6-9,11-13H,5,10,14,21-22H2,1-4H3/b11-6+,15-7+,23-13?. The lowest BCUT2D eigenvalue weighted by Gasteiger charge is -2.31. The van der Waals surface area contributed by atoms with Gasteiger partial charge in [0.05, 0.1) is 17.6 Å². The van der Waals surface area contributed by atoms with Crippen LogP contribution in [0.3, 0.4) is 0 Å². The number of hydrazine groups is 1. The van der Waals surface area contributed by atoms with Gasteiger partial charge in [-0.3, -0.25) is 4.99 Å². The maximum absolute atomic E-state index is 6.22. The van der Waals surface area contributed by atoms with Gasteiger partial charge in [-0.25, -0.2) is 5.84 Å². The van der Waals surface area contributed by atoms with Gasteiger partial charge < -0.3 is 15.5 Å². The maximum atomic E-state index is 6.22. The third-order valence-corrected chi connectivity index (χ3v) is 4.09. The van der Waals surface area contributed by atoms with Crippen LogP contribution < -0.4 is 21.3 Å². The molecule has 0 aromatic heterocycles. The summed E-state index contributed by atoms with van der Waals surface area (Å²) in [6.07, 6.45) is 9.14. The van der Waals surface area contributed by atoms with Gasteiger partial charge in [0, 0.05) is 30.4 Å². The zero-order chi connectivity index (χ0) is 18.9. The maximum Gasteiger partial charge on any atom is 0.128 e. The van der Waals surface area contributed by atoms with E-state index in [4.69, 9.17) is 16.3 Å². The molecule has 1 aromatic carbocycles. The van der Waals surface area contributed by atoms with Crippen LogP contribution in [0, 0.1) is 5.41 Å². The molecule has 1 aromatic rings. The zero-order valence-corrected chi connectivity index (χ0v) is 17.1. The van der Waals surface area contributed by atoms with Gasteiger partial charge in [-0.2, -0.15) is 0 Å². The van der Waals surface area contributed by atoms with Crippen molar-refractivity contribution in [2.75, 3.05) is 24.3 Å². The highest BCUT2D eigenvalue weighted by Gasteiger charge is 2.20. The minimum atomic E-state index is 0.134. The molecule has 0 heterocycles. The molecule has 0 fully saturated rings. The molecule has 4 N–H and O–H groups in total. The Labute approximate surface area is 159 Å². The fourth-order valence-electron chi connectivity index (χ4n) is 2.59. The number of ether oxygens (including phenoxy) is 1. The van der Waals surface area contributed by atoms with Crippen LogP contribution in [0.4, 0.5) is 11.4 Å². The van der Waals surface area contributed by atoms with Crippen LogP contribution >= 0.6 is 15.9 Å². The van der Waals surface area contributed by atoms with Crippen LogP contribution in [0.15, 0.2) is 46.1 Å². The number of allylic oxidation sites excluding steroid dienone is 3. The lowest BCUT2D eigenvalue weighted by Crippen LogP contribution is -2.39. The normalized spacial score (nSPS) is 13.0. The van der Waals surface area contributed by atoms with E-state index in [0.29, 0.717) is 11.4 Å². The van der Waals surface area contributed by atoms with E-state index in [9.17, 15) is 0 Å². The summed E-state index contributed by atoms with van der Waals surface area (Å²) >= 11 is 3.36. The fourth-order valence-corrected chi connectivity index (χ4v) is 2.94. The molecule has 0 bridgehead atoms. The first-order valence-electron chi connectivity index (χ1n) is 8.32. The number of nitrogen functional groups attached to an aromatic ring is 1. The zero-order valence-electron chi connectivity index (χ0n) is 15.5. The van der Waals surface area contributed by atoms with E-state index in [1.165, 1.54) is 0 Å². The Morgan fingerprint density at radius 1 is 1.40 bits per heavy atom. The summed E-state index contributed by atoms with van der Waals surface area (Å²) in [5.41, 5.74) is 7.68. The third kappa shape index (κ3) is 7.75. The van der Waals surface area contributed by atoms with E-state index in [2.05, 4.69) is 41.7 Å². The van der Waals surface area contributed by atoms with Gasteiger partial charge in [0.1, 0.15) is 5.75 Å². The minimum Gasteiger partial charge on any atom is -0.465 e. The Morgan fingerprint density at radius 2 is 2.12 bits per heavy atom. The second kappa shape index (κ2) is 10.3. The SMILES string of the molecule is CCCC(C)(C)CN(N)c1ccc(O/C=C/C=C(/Br)C=NC)cc1N. The first kappa shape index (κ1) is 21.3. The molecule has 0 aliphatic carbocycles. The molecular weight excluding hydrogens is 380 g/mol. The van der Waals surface area contributed by atoms with E-state index in [0.717, 1.165) is 29.6 Å². The molecular formula is C19H29BrN4O. The summed E-state index contributed by atoms with van der Waals surface area (Å²) in [4.78, 5) is 3.90. The quantitative estimate of drug-likeness (QED) is 0.156. The molecule has 0 spiro atoms. The lowest BCUT2D eigenvalue weighted by molar-refractivity contribution is 0.333. The van der Waals surface area contributed by atoms with E-state index in [1.54, 1.807) is 36.7 Å². The van der Waals surface area contributed by atoms with Crippen molar-refractivity contribution in [2.24, 2.45) is 16.3 Å². The minimum absolute atomic E-state index is 0.134. The number of halogens is 1. The van der Waals surface area contributed by atoms with Crippen molar-refractivity contribution in [1.82, 2.24) is 0 Å². The number of nitrogens with two attached hydrogens (primary N) is 2. The largest absolute Gasteiger partial charge is 0.465 e. The van der Waals surface area contributed by atoms with Crippen molar-refractivity contribution in [2.45, 2.75) is 33.6 Å². The fraction of sp³-hybridized carbons (Fsp3) is 0.421. The van der Waals surface area contributed by atoms with Gasteiger partial charge in [-0.1, -0.05) is 27.2 Å². The third-order valence-electron chi connectivity index (χ3n) is 3.62. The Morgan fingerprint density at radius 3 is 2.72 bits per heavy atom. The number of hydrogen-bond acceptors (Lipinski definition) is 5. The first-order valence-corrected chi connectivity index (χ1v) is 9.11. The van der Waals surface area contributed by atoms with E-state index in [1.807, 2.05) is 18.2 Å². The van der Waals surface area contributed by atoms with E-state index < -0.39 is 0 Å². The second-order valence-corrected chi connectivity index (χ2v) is 7.56. The van der Waals surface area contributed by atoms with Gasteiger partial charge in [-0.05, 0) is 52.1 Å². The van der Waals surface area contributed by atoms with Crippen LogP contribution in [0.2, 0.25) is 0 Å². The first-order chi connectivity index (χ1) is 11.8. The molecule has 1 rings (SSSR count).